The van der Waals surface area contributed by atoms with Crippen LogP contribution in [0.5, 0.6) is 0 Å². The number of aliphatic hydroxyl groups is 1. The highest BCUT2D eigenvalue weighted by Crippen LogP contribution is 2.12. The monoisotopic (exact) mass is 159 g/mol. The zero-order valence-corrected chi connectivity index (χ0v) is 7.48. The van der Waals surface area contributed by atoms with Crippen LogP contribution in [-0.4, -0.2) is 36.0 Å². The van der Waals surface area contributed by atoms with Gasteiger partial charge in [-0.3, -0.25) is 0 Å². The quantitative estimate of drug-likeness (QED) is 0.528. The van der Waals surface area contributed by atoms with E-state index < -0.39 is 5.60 Å². The van der Waals surface area contributed by atoms with Gasteiger partial charge in [0.25, 0.3) is 0 Å². The van der Waals surface area contributed by atoms with Gasteiger partial charge in [-0.2, -0.15) is 0 Å². The third kappa shape index (κ3) is 2.77. The van der Waals surface area contributed by atoms with E-state index in [2.05, 4.69) is 19.2 Å². The number of β-amino-alcohol motifs (C(OH)–C–C–N with tert-alkyl or cyclic N) is 1. The molecule has 0 saturated carbocycles. The van der Waals surface area contributed by atoms with E-state index in [0.29, 0.717) is 19.8 Å². The summed E-state index contributed by atoms with van der Waals surface area (Å²) in [5.41, 5.74) is -0.728. The molecular formula is C8H17NO2. The molecule has 1 heterocycles. The van der Waals surface area contributed by atoms with Gasteiger partial charge in [0.2, 0.25) is 0 Å². The molecule has 11 heavy (non-hydrogen) atoms. The Kier molecular flexibility index (Phi) is 2.23. The molecular weight excluding hydrogens is 142 g/mol. The number of hydrogen-bond acceptors (Lipinski definition) is 3. The summed E-state index contributed by atoms with van der Waals surface area (Å²) in [5.74, 6) is 0. The van der Waals surface area contributed by atoms with Gasteiger partial charge >= 0.3 is 0 Å². The van der Waals surface area contributed by atoms with Crippen molar-refractivity contribution in [3.05, 3.63) is 0 Å². The highest BCUT2D eigenvalue weighted by atomic mass is 16.5. The lowest BCUT2D eigenvalue weighted by molar-refractivity contribution is -0.0170. The molecule has 0 aromatic rings. The SMILES string of the molecule is CC1(O)CNC(C)(C)COC1. The number of nitrogens with one attached hydrogen (secondary N) is 1. The van der Waals surface area contributed by atoms with Crippen LogP contribution in [0, 0.1) is 0 Å². The Balaban J connectivity index is 2.53. The van der Waals surface area contributed by atoms with Crippen molar-refractivity contribution in [1.29, 1.82) is 0 Å². The minimum absolute atomic E-state index is 0.0134. The molecule has 1 aliphatic rings. The van der Waals surface area contributed by atoms with Gasteiger partial charge in [0.05, 0.1) is 18.8 Å². The molecule has 3 nitrogen and oxygen atoms in total. The largest absolute Gasteiger partial charge is 0.386 e. The molecule has 0 aromatic carbocycles. The van der Waals surface area contributed by atoms with Crippen molar-refractivity contribution in [3.8, 4) is 0 Å². The van der Waals surface area contributed by atoms with E-state index in [0.717, 1.165) is 0 Å². The molecule has 66 valence electrons. The smallest absolute Gasteiger partial charge is 0.0975 e. The molecule has 0 aliphatic carbocycles. The van der Waals surface area contributed by atoms with Gasteiger partial charge in [0.15, 0.2) is 0 Å². The maximum Gasteiger partial charge on any atom is 0.0975 e. The van der Waals surface area contributed by atoms with Crippen LogP contribution in [0.3, 0.4) is 0 Å². The Morgan fingerprint density at radius 2 is 1.91 bits per heavy atom. The Morgan fingerprint density at radius 3 is 2.55 bits per heavy atom. The first-order valence-electron chi connectivity index (χ1n) is 3.97. The molecule has 0 spiro atoms. The zero-order valence-electron chi connectivity index (χ0n) is 7.48. The summed E-state index contributed by atoms with van der Waals surface area (Å²) < 4.78 is 5.31. The summed E-state index contributed by atoms with van der Waals surface area (Å²) in [6.45, 7) is 7.58. The Labute approximate surface area is 67.7 Å². The number of hydrogen-bond donors (Lipinski definition) is 2. The van der Waals surface area contributed by atoms with Crippen LogP contribution in [0.25, 0.3) is 0 Å². The summed E-state index contributed by atoms with van der Waals surface area (Å²) in [5, 5.41) is 12.8. The predicted octanol–water partition coefficient (Wildman–Crippen LogP) is 0.136. The fourth-order valence-electron chi connectivity index (χ4n) is 1.06. The minimum Gasteiger partial charge on any atom is -0.386 e. The standard InChI is InChI=1S/C8H17NO2/c1-7(2)5-11-6-8(3,10)4-9-7/h9-10H,4-6H2,1-3H3. The van der Waals surface area contributed by atoms with Gasteiger partial charge in [-0.1, -0.05) is 0 Å². The molecule has 0 amide bonds. The van der Waals surface area contributed by atoms with E-state index in [1.807, 2.05) is 0 Å². The third-order valence-electron chi connectivity index (χ3n) is 1.82. The van der Waals surface area contributed by atoms with Gasteiger partial charge < -0.3 is 15.2 Å². The van der Waals surface area contributed by atoms with Crippen molar-refractivity contribution < 1.29 is 9.84 Å². The van der Waals surface area contributed by atoms with E-state index in [1.54, 1.807) is 6.92 Å². The maximum absolute atomic E-state index is 9.60. The van der Waals surface area contributed by atoms with E-state index in [9.17, 15) is 5.11 Å². The summed E-state index contributed by atoms with van der Waals surface area (Å²) in [6, 6.07) is 0. The first kappa shape index (κ1) is 8.97. The van der Waals surface area contributed by atoms with Gasteiger partial charge in [-0.15, -0.1) is 0 Å². The lowest BCUT2D eigenvalue weighted by Crippen LogP contribution is -2.47. The third-order valence-corrected chi connectivity index (χ3v) is 1.82. The first-order valence-corrected chi connectivity index (χ1v) is 3.97. The predicted molar refractivity (Wildman–Crippen MR) is 43.5 cm³/mol. The van der Waals surface area contributed by atoms with Crippen molar-refractivity contribution >= 4 is 0 Å². The topological polar surface area (TPSA) is 41.5 Å². The summed E-state index contributed by atoms with van der Waals surface area (Å²) in [6.07, 6.45) is 0. The minimum atomic E-state index is -0.715. The van der Waals surface area contributed by atoms with E-state index in [4.69, 9.17) is 4.74 Å². The molecule has 1 saturated heterocycles. The second kappa shape index (κ2) is 2.73. The van der Waals surface area contributed by atoms with Crippen LogP contribution in [-0.2, 0) is 4.74 Å². The molecule has 1 aliphatic heterocycles. The lowest BCUT2D eigenvalue weighted by atomic mass is 10.1. The average Bonchev–Trinajstić information content (AvgIpc) is 1.92. The second-order valence-corrected chi connectivity index (χ2v) is 4.23. The normalized spacial score (nSPS) is 38.2. The van der Waals surface area contributed by atoms with Crippen molar-refractivity contribution in [2.24, 2.45) is 0 Å². The molecule has 0 radical (unpaired) electrons. The second-order valence-electron chi connectivity index (χ2n) is 4.23. The Bertz CT molecular complexity index is 127. The number of rotatable bonds is 0. The van der Waals surface area contributed by atoms with Gasteiger partial charge in [-0.25, -0.2) is 0 Å². The fourth-order valence-corrected chi connectivity index (χ4v) is 1.06. The lowest BCUT2D eigenvalue weighted by Gasteiger charge is -2.24. The Hall–Kier alpha value is -0.120. The van der Waals surface area contributed by atoms with E-state index >= 15 is 0 Å². The van der Waals surface area contributed by atoms with Crippen molar-refractivity contribution in [3.63, 3.8) is 0 Å². The zero-order chi connectivity index (χ0) is 8.54. The van der Waals surface area contributed by atoms with E-state index in [-0.39, 0.29) is 5.54 Å². The van der Waals surface area contributed by atoms with Crippen LogP contribution in [0.2, 0.25) is 0 Å². The first-order chi connectivity index (χ1) is 4.91. The molecule has 1 fully saturated rings. The van der Waals surface area contributed by atoms with Crippen molar-refractivity contribution in [2.45, 2.75) is 31.9 Å². The van der Waals surface area contributed by atoms with Gasteiger partial charge in [0, 0.05) is 12.1 Å². The van der Waals surface area contributed by atoms with E-state index in [1.165, 1.54) is 0 Å². The maximum atomic E-state index is 9.60. The molecule has 1 rings (SSSR count). The van der Waals surface area contributed by atoms with Crippen molar-refractivity contribution in [2.75, 3.05) is 19.8 Å². The van der Waals surface area contributed by atoms with Gasteiger partial charge in [-0.05, 0) is 20.8 Å². The molecule has 0 aromatic heterocycles. The van der Waals surface area contributed by atoms with Crippen LogP contribution in [0.15, 0.2) is 0 Å². The summed E-state index contributed by atoms with van der Waals surface area (Å²) in [7, 11) is 0. The van der Waals surface area contributed by atoms with Crippen LogP contribution < -0.4 is 5.32 Å². The molecule has 0 bridgehead atoms. The molecule has 1 atom stereocenters. The molecule has 2 N–H and O–H groups in total. The van der Waals surface area contributed by atoms with Crippen LogP contribution in [0.1, 0.15) is 20.8 Å². The van der Waals surface area contributed by atoms with Crippen LogP contribution in [0.4, 0.5) is 0 Å². The average molecular weight is 159 g/mol. The summed E-state index contributed by atoms with van der Waals surface area (Å²) in [4.78, 5) is 0. The van der Waals surface area contributed by atoms with Crippen molar-refractivity contribution in [1.82, 2.24) is 5.32 Å². The fraction of sp³-hybridized carbons (Fsp3) is 1.00. The molecule has 3 heteroatoms. The summed E-state index contributed by atoms with van der Waals surface area (Å²) >= 11 is 0. The van der Waals surface area contributed by atoms with Crippen LogP contribution >= 0.6 is 0 Å². The Morgan fingerprint density at radius 1 is 1.27 bits per heavy atom. The van der Waals surface area contributed by atoms with Gasteiger partial charge in [0.1, 0.15) is 0 Å². The highest BCUT2D eigenvalue weighted by Gasteiger charge is 2.29. The highest BCUT2D eigenvalue weighted by molar-refractivity contribution is 4.86. The molecule has 1 unspecified atom stereocenters. The number of ether oxygens (including phenoxy) is 1.